The van der Waals surface area contributed by atoms with Crippen molar-refractivity contribution in [2.75, 3.05) is 0 Å². The molecule has 0 bridgehead atoms. The van der Waals surface area contributed by atoms with Crippen LogP contribution in [0.5, 0.6) is 0 Å². The first kappa shape index (κ1) is 16.7. The molecule has 0 saturated heterocycles. The lowest BCUT2D eigenvalue weighted by molar-refractivity contribution is -0.146. The van der Waals surface area contributed by atoms with E-state index in [1.165, 1.54) is 6.92 Å². The van der Waals surface area contributed by atoms with E-state index in [1.807, 2.05) is 0 Å². The smallest absolute Gasteiger partial charge is 0.389 e. The topological polar surface area (TPSA) is 66.4 Å². The van der Waals surface area contributed by atoms with E-state index in [4.69, 9.17) is 5.11 Å². The lowest BCUT2D eigenvalue weighted by atomic mass is 9.85. The van der Waals surface area contributed by atoms with Crippen LogP contribution in [0.4, 0.5) is 13.2 Å². The third kappa shape index (κ3) is 6.46. The number of halogens is 3. The van der Waals surface area contributed by atoms with Crippen LogP contribution in [0.2, 0.25) is 0 Å². The van der Waals surface area contributed by atoms with Crippen LogP contribution in [0.1, 0.15) is 40.0 Å². The molecule has 0 fully saturated rings. The van der Waals surface area contributed by atoms with Crippen LogP contribution in [0.15, 0.2) is 0 Å². The highest BCUT2D eigenvalue weighted by Gasteiger charge is 2.34. The zero-order valence-corrected chi connectivity index (χ0v) is 10.6. The molecule has 0 spiro atoms. The molecule has 1 unspecified atom stereocenters. The van der Waals surface area contributed by atoms with Crippen molar-refractivity contribution in [1.29, 1.82) is 0 Å². The molecule has 0 aliphatic heterocycles. The number of amides is 1. The van der Waals surface area contributed by atoms with Gasteiger partial charge in [-0.05, 0) is 12.8 Å². The van der Waals surface area contributed by atoms with E-state index in [0.717, 1.165) is 0 Å². The molecule has 0 heterocycles. The fourth-order valence-corrected chi connectivity index (χ4v) is 1.34. The zero-order chi connectivity index (χ0) is 14.6. The van der Waals surface area contributed by atoms with Gasteiger partial charge in [0, 0.05) is 12.0 Å². The van der Waals surface area contributed by atoms with Gasteiger partial charge >= 0.3 is 12.1 Å². The summed E-state index contributed by atoms with van der Waals surface area (Å²) in [6.07, 6.45) is -6.62. The molecule has 0 aromatic carbocycles. The second-order valence-electron chi connectivity index (χ2n) is 4.81. The first-order chi connectivity index (χ1) is 7.96. The highest BCUT2D eigenvalue weighted by atomic mass is 19.4. The lowest BCUT2D eigenvalue weighted by Gasteiger charge is -2.33. The maximum atomic E-state index is 11.9. The number of carboxylic acids is 1. The molecule has 0 aromatic rings. The van der Waals surface area contributed by atoms with E-state index < -0.39 is 36.4 Å². The van der Waals surface area contributed by atoms with Gasteiger partial charge in [-0.25, -0.2) is 0 Å². The molecule has 7 heteroatoms. The minimum atomic E-state index is -4.39. The average molecular weight is 269 g/mol. The first-order valence-electron chi connectivity index (χ1n) is 5.56. The number of carboxylic acid groups (broad SMARTS) is 1. The summed E-state index contributed by atoms with van der Waals surface area (Å²) in [5, 5.41) is 11.1. The molecule has 106 valence electrons. The predicted molar refractivity (Wildman–Crippen MR) is 58.9 cm³/mol. The summed E-state index contributed by atoms with van der Waals surface area (Å²) < 4.78 is 35.8. The Morgan fingerprint density at radius 2 is 1.78 bits per heavy atom. The van der Waals surface area contributed by atoms with Gasteiger partial charge in [0.15, 0.2) is 0 Å². The van der Waals surface area contributed by atoms with E-state index in [2.05, 4.69) is 5.32 Å². The second-order valence-corrected chi connectivity index (χ2v) is 4.81. The molecule has 1 amide bonds. The Morgan fingerprint density at radius 3 is 2.11 bits per heavy atom. The Labute approximate surface area is 104 Å². The van der Waals surface area contributed by atoms with Crippen molar-refractivity contribution in [3.05, 3.63) is 0 Å². The molecule has 4 nitrogen and oxygen atoms in total. The molecule has 2 N–H and O–H groups in total. The summed E-state index contributed by atoms with van der Waals surface area (Å²) in [6, 6.07) is 0. The Bertz CT molecular complexity index is 315. The summed E-state index contributed by atoms with van der Waals surface area (Å²) in [5.41, 5.74) is -1.05. The molecular formula is C11H18F3NO3. The van der Waals surface area contributed by atoms with Gasteiger partial charge in [0.1, 0.15) is 0 Å². The van der Waals surface area contributed by atoms with Crippen molar-refractivity contribution < 1.29 is 27.9 Å². The monoisotopic (exact) mass is 269 g/mol. The van der Waals surface area contributed by atoms with E-state index in [0.29, 0.717) is 0 Å². The van der Waals surface area contributed by atoms with Gasteiger partial charge in [0.05, 0.1) is 12.8 Å². The lowest BCUT2D eigenvalue weighted by Crippen LogP contribution is -2.51. The Morgan fingerprint density at radius 1 is 1.28 bits per heavy atom. The third-order valence-electron chi connectivity index (χ3n) is 2.85. The van der Waals surface area contributed by atoms with Gasteiger partial charge in [0.2, 0.25) is 5.91 Å². The van der Waals surface area contributed by atoms with Gasteiger partial charge < -0.3 is 10.4 Å². The first-order valence-corrected chi connectivity index (χ1v) is 5.56. The molecule has 0 radical (unpaired) electrons. The van der Waals surface area contributed by atoms with E-state index in [1.54, 1.807) is 13.8 Å². The zero-order valence-electron chi connectivity index (χ0n) is 10.6. The van der Waals surface area contributed by atoms with Crippen LogP contribution in [0.3, 0.4) is 0 Å². The summed E-state index contributed by atoms with van der Waals surface area (Å²) in [5.74, 6) is -2.10. The van der Waals surface area contributed by atoms with Crippen LogP contribution in [-0.2, 0) is 9.59 Å². The van der Waals surface area contributed by atoms with Crippen molar-refractivity contribution in [3.63, 3.8) is 0 Å². The second kappa shape index (κ2) is 6.06. The summed E-state index contributed by atoms with van der Waals surface area (Å²) in [7, 11) is 0. The minimum absolute atomic E-state index is 0.205. The number of nitrogens with one attached hydrogen (secondary N) is 1. The van der Waals surface area contributed by atoms with Crippen LogP contribution < -0.4 is 5.32 Å². The van der Waals surface area contributed by atoms with Crippen LogP contribution in [0.25, 0.3) is 0 Å². The number of alkyl halides is 3. The molecule has 0 rings (SSSR count). The maximum Gasteiger partial charge on any atom is 0.389 e. The average Bonchev–Trinajstić information content (AvgIpc) is 2.11. The van der Waals surface area contributed by atoms with Gasteiger partial charge in [0.25, 0.3) is 0 Å². The number of hydrogen-bond donors (Lipinski definition) is 2. The van der Waals surface area contributed by atoms with Crippen molar-refractivity contribution in [2.24, 2.45) is 5.92 Å². The Hall–Kier alpha value is -1.27. The largest absolute Gasteiger partial charge is 0.481 e. The van der Waals surface area contributed by atoms with Crippen LogP contribution in [0, 0.1) is 5.92 Å². The summed E-state index contributed by atoms with van der Waals surface area (Å²) in [6.45, 7) is 4.91. The Kier molecular flexibility index (Phi) is 5.63. The van der Waals surface area contributed by atoms with E-state index in [-0.39, 0.29) is 12.3 Å². The number of carbonyl (C=O) groups is 2. The van der Waals surface area contributed by atoms with Crippen LogP contribution in [-0.4, -0.2) is 28.7 Å². The quantitative estimate of drug-likeness (QED) is 0.777. The molecule has 18 heavy (non-hydrogen) atoms. The Balaban J connectivity index is 4.51. The fourth-order valence-electron chi connectivity index (χ4n) is 1.34. The summed E-state index contributed by atoms with van der Waals surface area (Å²) in [4.78, 5) is 22.1. The van der Waals surface area contributed by atoms with Gasteiger partial charge in [-0.1, -0.05) is 13.8 Å². The fraction of sp³-hybridized carbons (Fsp3) is 0.818. The predicted octanol–water partition coefficient (Wildman–Crippen LogP) is 2.33. The standard InChI is InChI=1S/C11H18F3NO3/c1-7(2)10(3,6-9(17)18)15-8(16)4-5-11(12,13)14/h7H,4-6H2,1-3H3,(H,15,16)(H,17,18). The highest BCUT2D eigenvalue weighted by molar-refractivity contribution is 5.78. The van der Waals surface area contributed by atoms with Crippen molar-refractivity contribution >= 4 is 11.9 Å². The SMILES string of the molecule is CC(C)C(C)(CC(=O)O)NC(=O)CCC(F)(F)F. The normalized spacial score (nSPS) is 15.3. The van der Waals surface area contributed by atoms with Gasteiger partial charge in [-0.2, -0.15) is 13.2 Å². The number of hydrogen-bond acceptors (Lipinski definition) is 2. The molecule has 0 aliphatic rings. The van der Waals surface area contributed by atoms with E-state index in [9.17, 15) is 22.8 Å². The molecule has 0 aliphatic carbocycles. The van der Waals surface area contributed by atoms with E-state index >= 15 is 0 Å². The van der Waals surface area contributed by atoms with Crippen molar-refractivity contribution in [1.82, 2.24) is 5.32 Å². The minimum Gasteiger partial charge on any atom is -0.481 e. The molecular weight excluding hydrogens is 251 g/mol. The molecule has 0 aromatic heterocycles. The van der Waals surface area contributed by atoms with Crippen LogP contribution >= 0.6 is 0 Å². The van der Waals surface area contributed by atoms with Gasteiger partial charge in [-0.3, -0.25) is 9.59 Å². The maximum absolute atomic E-state index is 11.9. The number of rotatable bonds is 6. The highest BCUT2D eigenvalue weighted by Crippen LogP contribution is 2.24. The summed E-state index contributed by atoms with van der Waals surface area (Å²) >= 11 is 0. The number of aliphatic carboxylic acids is 1. The third-order valence-corrected chi connectivity index (χ3v) is 2.85. The number of carbonyl (C=O) groups excluding carboxylic acids is 1. The van der Waals surface area contributed by atoms with Gasteiger partial charge in [-0.15, -0.1) is 0 Å². The van der Waals surface area contributed by atoms with Crippen molar-refractivity contribution in [3.8, 4) is 0 Å². The molecule has 0 saturated carbocycles. The molecule has 1 atom stereocenters. The van der Waals surface area contributed by atoms with Crippen molar-refractivity contribution in [2.45, 2.75) is 51.7 Å².